The third kappa shape index (κ3) is 2.28. The van der Waals surface area contributed by atoms with Crippen molar-refractivity contribution >= 4 is 21.9 Å². The van der Waals surface area contributed by atoms with Crippen molar-refractivity contribution in [1.29, 1.82) is 0 Å². The number of carbonyl (C=O) groups is 2. The van der Waals surface area contributed by atoms with Crippen molar-refractivity contribution in [2.45, 2.75) is 20.3 Å². The average molecular weight is 235 g/mol. The van der Waals surface area contributed by atoms with E-state index in [2.05, 4.69) is 0 Å². The number of rotatable bonds is 3. The first-order valence-corrected chi connectivity index (χ1v) is 6.04. The van der Waals surface area contributed by atoms with Crippen molar-refractivity contribution in [2.75, 3.05) is 12.3 Å². The Morgan fingerprint density at radius 3 is 2.40 bits per heavy atom. The Labute approximate surface area is 87.9 Å². The van der Waals surface area contributed by atoms with Gasteiger partial charge in [0.25, 0.3) is 0 Å². The van der Waals surface area contributed by atoms with Gasteiger partial charge in [-0.1, -0.05) is 0 Å². The summed E-state index contributed by atoms with van der Waals surface area (Å²) in [4.78, 5) is 21.9. The van der Waals surface area contributed by atoms with E-state index < -0.39 is 27.3 Å². The molecule has 1 N–H and O–H groups in total. The summed E-state index contributed by atoms with van der Waals surface area (Å²) in [6.07, 6.45) is -0.360. The molecule has 1 fully saturated rings. The molecule has 0 aliphatic carbocycles. The van der Waals surface area contributed by atoms with Crippen LogP contribution in [0.25, 0.3) is 0 Å². The Morgan fingerprint density at radius 2 is 2.07 bits per heavy atom. The van der Waals surface area contributed by atoms with E-state index in [4.69, 9.17) is 5.11 Å². The second-order valence-corrected chi connectivity index (χ2v) is 6.05. The largest absolute Gasteiger partial charge is 0.481 e. The van der Waals surface area contributed by atoms with Crippen molar-refractivity contribution < 1.29 is 23.1 Å². The molecule has 1 aliphatic heterocycles. The molecule has 0 aromatic rings. The molecule has 0 spiro atoms. The molecule has 1 rings (SSSR count). The molecule has 0 atom stereocenters. The predicted molar refractivity (Wildman–Crippen MR) is 51.5 cm³/mol. The summed E-state index contributed by atoms with van der Waals surface area (Å²) in [5.74, 6) is -1.90. The maximum atomic E-state index is 11.6. The number of amides is 1. The molecule has 1 aliphatic rings. The normalized spacial score (nSPS) is 23.1. The van der Waals surface area contributed by atoms with Gasteiger partial charge in [-0.05, 0) is 13.8 Å². The first-order valence-electron chi connectivity index (χ1n) is 4.43. The minimum atomic E-state index is -3.62. The fourth-order valence-electron chi connectivity index (χ4n) is 1.50. The molecule has 0 aromatic heterocycles. The Kier molecular flexibility index (Phi) is 2.77. The average Bonchev–Trinajstić information content (AvgIpc) is 2.14. The van der Waals surface area contributed by atoms with Crippen LogP contribution in [0.5, 0.6) is 0 Å². The second kappa shape index (κ2) is 3.48. The number of carboxylic acid groups (broad SMARTS) is 1. The standard InChI is InChI=1S/C8H13NO5S/c1-8(2)5-15(13,14)9(7(8)12)4-3-6(10)11/h3-5H2,1-2H3,(H,10,11). The first-order chi connectivity index (χ1) is 6.67. The summed E-state index contributed by atoms with van der Waals surface area (Å²) in [6.45, 7) is 2.79. The molecule has 0 aromatic carbocycles. The Hall–Kier alpha value is -1.11. The van der Waals surface area contributed by atoms with E-state index in [1.54, 1.807) is 0 Å². The molecule has 0 radical (unpaired) electrons. The van der Waals surface area contributed by atoms with E-state index in [0.717, 1.165) is 0 Å². The number of carbonyl (C=O) groups excluding carboxylic acids is 1. The highest BCUT2D eigenvalue weighted by molar-refractivity contribution is 7.90. The molecule has 86 valence electrons. The maximum Gasteiger partial charge on any atom is 0.305 e. The lowest BCUT2D eigenvalue weighted by Crippen LogP contribution is -2.34. The van der Waals surface area contributed by atoms with Crippen LogP contribution in [0.15, 0.2) is 0 Å². The first kappa shape index (κ1) is 12.0. The molecular weight excluding hydrogens is 222 g/mol. The maximum absolute atomic E-state index is 11.6. The molecular formula is C8H13NO5S. The molecule has 15 heavy (non-hydrogen) atoms. The van der Waals surface area contributed by atoms with Crippen molar-refractivity contribution in [2.24, 2.45) is 5.41 Å². The van der Waals surface area contributed by atoms with Gasteiger partial charge in [-0.3, -0.25) is 9.59 Å². The van der Waals surface area contributed by atoms with Crippen molar-refractivity contribution in [3.05, 3.63) is 0 Å². The monoisotopic (exact) mass is 235 g/mol. The zero-order chi connectivity index (χ0) is 11.9. The summed E-state index contributed by atoms with van der Waals surface area (Å²) in [5.41, 5.74) is -0.947. The van der Waals surface area contributed by atoms with Crippen LogP contribution in [-0.4, -0.2) is 42.0 Å². The van der Waals surface area contributed by atoms with Crippen molar-refractivity contribution in [1.82, 2.24) is 4.31 Å². The zero-order valence-electron chi connectivity index (χ0n) is 8.56. The second-order valence-electron chi connectivity index (χ2n) is 4.16. The fraction of sp³-hybridized carbons (Fsp3) is 0.750. The topological polar surface area (TPSA) is 91.8 Å². The lowest BCUT2D eigenvalue weighted by molar-refractivity contribution is -0.138. The Balaban J connectivity index is 2.89. The van der Waals surface area contributed by atoms with Crippen LogP contribution in [0.4, 0.5) is 0 Å². The minimum absolute atomic E-state index is 0.252. The van der Waals surface area contributed by atoms with E-state index in [1.165, 1.54) is 13.8 Å². The summed E-state index contributed by atoms with van der Waals surface area (Å²) in [5, 5.41) is 8.43. The highest BCUT2D eigenvalue weighted by atomic mass is 32.2. The van der Waals surface area contributed by atoms with Gasteiger partial charge >= 0.3 is 5.97 Å². The lowest BCUT2D eigenvalue weighted by atomic mass is 9.95. The van der Waals surface area contributed by atoms with E-state index in [1.807, 2.05) is 0 Å². The fourth-order valence-corrected chi connectivity index (χ4v) is 3.56. The van der Waals surface area contributed by atoms with Crippen LogP contribution in [0.1, 0.15) is 20.3 Å². The molecule has 1 heterocycles. The summed E-state index contributed by atoms with van der Waals surface area (Å²) in [6, 6.07) is 0. The number of sulfonamides is 1. The van der Waals surface area contributed by atoms with Crippen molar-refractivity contribution in [3.8, 4) is 0 Å². The SMILES string of the molecule is CC1(C)CS(=O)(=O)N(CCC(=O)O)C1=O. The van der Waals surface area contributed by atoms with E-state index in [-0.39, 0.29) is 18.7 Å². The van der Waals surface area contributed by atoms with E-state index in [0.29, 0.717) is 4.31 Å². The van der Waals surface area contributed by atoms with Crippen LogP contribution >= 0.6 is 0 Å². The summed E-state index contributed by atoms with van der Waals surface area (Å²) in [7, 11) is -3.62. The Morgan fingerprint density at radius 1 is 1.53 bits per heavy atom. The van der Waals surface area contributed by atoms with E-state index in [9.17, 15) is 18.0 Å². The highest BCUT2D eigenvalue weighted by Gasteiger charge is 2.48. The third-order valence-corrected chi connectivity index (χ3v) is 4.32. The van der Waals surface area contributed by atoms with Crippen LogP contribution < -0.4 is 0 Å². The lowest BCUT2D eigenvalue weighted by Gasteiger charge is -2.15. The van der Waals surface area contributed by atoms with Crippen LogP contribution in [0.2, 0.25) is 0 Å². The zero-order valence-corrected chi connectivity index (χ0v) is 9.37. The smallest absolute Gasteiger partial charge is 0.305 e. The molecule has 1 amide bonds. The predicted octanol–water partition coefficient (Wildman–Crippen LogP) is -0.341. The molecule has 1 saturated heterocycles. The van der Waals surface area contributed by atoms with Gasteiger partial charge in [-0.15, -0.1) is 0 Å². The van der Waals surface area contributed by atoms with Gasteiger partial charge in [0, 0.05) is 6.54 Å². The van der Waals surface area contributed by atoms with Gasteiger partial charge in [0.1, 0.15) is 0 Å². The molecule has 0 bridgehead atoms. The van der Waals surface area contributed by atoms with Gasteiger partial charge < -0.3 is 5.11 Å². The number of carboxylic acids is 1. The summed E-state index contributed by atoms with van der Waals surface area (Å²) >= 11 is 0. The third-order valence-electron chi connectivity index (χ3n) is 2.21. The highest BCUT2D eigenvalue weighted by Crippen LogP contribution is 2.31. The van der Waals surface area contributed by atoms with Gasteiger partial charge in [-0.25, -0.2) is 12.7 Å². The van der Waals surface area contributed by atoms with Gasteiger partial charge in [0.2, 0.25) is 15.9 Å². The Bertz CT molecular complexity index is 397. The van der Waals surface area contributed by atoms with Gasteiger partial charge in [-0.2, -0.15) is 0 Å². The number of hydrogen-bond donors (Lipinski definition) is 1. The van der Waals surface area contributed by atoms with Crippen LogP contribution in [0, 0.1) is 5.41 Å². The van der Waals surface area contributed by atoms with Crippen LogP contribution in [0.3, 0.4) is 0 Å². The quantitative estimate of drug-likeness (QED) is 0.722. The molecule has 0 saturated carbocycles. The van der Waals surface area contributed by atoms with E-state index >= 15 is 0 Å². The van der Waals surface area contributed by atoms with Crippen LogP contribution in [-0.2, 0) is 19.6 Å². The van der Waals surface area contributed by atoms with Gasteiger partial charge in [0.15, 0.2) is 0 Å². The summed E-state index contributed by atoms with van der Waals surface area (Å²) < 4.78 is 23.7. The van der Waals surface area contributed by atoms with Gasteiger partial charge in [0.05, 0.1) is 17.6 Å². The molecule has 6 nitrogen and oxygen atoms in total. The molecule has 0 unspecified atom stereocenters. The van der Waals surface area contributed by atoms with Crippen molar-refractivity contribution in [3.63, 3.8) is 0 Å². The number of nitrogens with zero attached hydrogens (tertiary/aromatic N) is 1. The number of hydrogen-bond acceptors (Lipinski definition) is 4. The number of aliphatic carboxylic acids is 1. The minimum Gasteiger partial charge on any atom is -0.481 e. The molecule has 7 heteroatoms.